The molecule has 4 atom stereocenters. The Bertz CT molecular complexity index is 671. The van der Waals surface area contributed by atoms with Gasteiger partial charge in [0.1, 0.15) is 0 Å². The molecule has 2 bridgehead atoms. The van der Waals surface area contributed by atoms with Crippen LogP contribution in [-0.2, 0) is 14.3 Å². The molecule has 0 aromatic heterocycles. The summed E-state index contributed by atoms with van der Waals surface area (Å²) in [5.74, 6) is -2.45. The predicted molar refractivity (Wildman–Crippen MR) is 86.5 cm³/mol. The number of hydrogen-bond acceptors (Lipinski definition) is 4. The molecule has 128 valence electrons. The normalized spacial score (nSPS) is 27.7. The van der Waals surface area contributed by atoms with E-state index in [4.69, 9.17) is 4.74 Å². The van der Waals surface area contributed by atoms with Crippen LogP contribution in [0.3, 0.4) is 0 Å². The minimum atomic E-state index is -0.886. The molecule has 2 N–H and O–H groups in total. The first-order valence-corrected chi connectivity index (χ1v) is 8.32. The number of ether oxygens (including phenoxy) is 1. The van der Waals surface area contributed by atoms with Crippen LogP contribution in [0.4, 0.5) is 5.69 Å². The highest BCUT2D eigenvalue weighted by Gasteiger charge is 2.53. The minimum Gasteiger partial charge on any atom is -0.481 e. The van der Waals surface area contributed by atoms with Crippen molar-refractivity contribution in [2.45, 2.75) is 26.2 Å². The molecule has 6 heteroatoms. The van der Waals surface area contributed by atoms with Gasteiger partial charge < -0.3 is 15.2 Å². The Balaban J connectivity index is 1.74. The molecule has 0 radical (unpaired) electrons. The van der Waals surface area contributed by atoms with Crippen LogP contribution in [0.2, 0.25) is 0 Å². The average molecular weight is 331 g/mol. The van der Waals surface area contributed by atoms with Crippen LogP contribution >= 0.6 is 0 Å². The number of esters is 1. The summed E-state index contributed by atoms with van der Waals surface area (Å²) < 4.78 is 4.95. The SMILES string of the molecule is CCOC(=O)c1cccc(NC(=O)[C@H]2[C@H]3CC[C@@H](C3)[C@@H]2C(=O)O)c1. The van der Waals surface area contributed by atoms with Gasteiger partial charge in [0.15, 0.2) is 0 Å². The number of carbonyl (C=O) groups excluding carboxylic acids is 2. The van der Waals surface area contributed by atoms with Crippen molar-refractivity contribution < 1.29 is 24.2 Å². The Kier molecular flexibility index (Phi) is 4.55. The molecular formula is C18H21NO5. The molecule has 0 aliphatic heterocycles. The summed E-state index contributed by atoms with van der Waals surface area (Å²) in [5.41, 5.74) is 0.842. The van der Waals surface area contributed by atoms with Gasteiger partial charge in [0.2, 0.25) is 5.91 Å². The van der Waals surface area contributed by atoms with Gasteiger partial charge in [0.25, 0.3) is 0 Å². The maximum Gasteiger partial charge on any atom is 0.338 e. The molecule has 3 rings (SSSR count). The van der Waals surface area contributed by atoms with Gasteiger partial charge in [-0.05, 0) is 56.2 Å². The molecule has 1 amide bonds. The van der Waals surface area contributed by atoms with Crippen LogP contribution in [0.15, 0.2) is 24.3 Å². The number of fused-ring (bicyclic) bond motifs is 2. The van der Waals surface area contributed by atoms with Crippen molar-refractivity contribution in [1.29, 1.82) is 0 Å². The van der Waals surface area contributed by atoms with E-state index in [1.807, 2.05) is 0 Å². The third-order valence-electron chi connectivity index (χ3n) is 5.15. The first kappa shape index (κ1) is 16.5. The first-order chi connectivity index (χ1) is 11.5. The highest BCUT2D eigenvalue weighted by molar-refractivity contribution is 5.97. The van der Waals surface area contributed by atoms with Crippen molar-refractivity contribution in [2.24, 2.45) is 23.7 Å². The summed E-state index contributed by atoms with van der Waals surface area (Å²) in [6.07, 6.45) is 2.62. The molecule has 1 aromatic rings. The molecule has 2 fully saturated rings. The largest absolute Gasteiger partial charge is 0.481 e. The predicted octanol–water partition coefficient (Wildman–Crippen LogP) is 2.55. The van der Waals surface area contributed by atoms with Crippen molar-refractivity contribution in [3.05, 3.63) is 29.8 Å². The lowest BCUT2D eigenvalue weighted by Crippen LogP contribution is -2.37. The Hall–Kier alpha value is -2.37. The topological polar surface area (TPSA) is 92.7 Å². The smallest absolute Gasteiger partial charge is 0.338 e. The fourth-order valence-corrected chi connectivity index (χ4v) is 4.19. The van der Waals surface area contributed by atoms with E-state index in [1.54, 1.807) is 31.2 Å². The number of anilines is 1. The molecular weight excluding hydrogens is 310 g/mol. The lowest BCUT2D eigenvalue weighted by Gasteiger charge is -2.27. The second kappa shape index (κ2) is 6.63. The number of carbonyl (C=O) groups is 3. The fourth-order valence-electron chi connectivity index (χ4n) is 4.19. The standard InChI is InChI=1S/C18H21NO5/c1-2-24-18(23)12-4-3-5-13(9-12)19-16(20)14-10-6-7-11(8-10)15(14)17(21)22/h3-5,9-11,14-15H,2,6-8H2,1H3,(H,19,20)(H,21,22)/t10-,11-,14-,15-/m0/s1. The maximum atomic E-state index is 12.6. The van der Waals surface area contributed by atoms with Crippen molar-refractivity contribution in [1.82, 2.24) is 0 Å². The van der Waals surface area contributed by atoms with Gasteiger partial charge in [-0.15, -0.1) is 0 Å². The number of benzene rings is 1. The van der Waals surface area contributed by atoms with Gasteiger partial charge in [0.05, 0.1) is 24.0 Å². The van der Waals surface area contributed by atoms with Gasteiger partial charge in [0, 0.05) is 5.69 Å². The number of nitrogens with one attached hydrogen (secondary N) is 1. The molecule has 0 heterocycles. The van der Waals surface area contributed by atoms with Crippen LogP contribution in [-0.4, -0.2) is 29.6 Å². The van der Waals surface area contributed by atoms with E-state index in [9.17, 15) is 19.5 Å². The van der Waals surface area contributed by atoms with Crippen LogP contribution in [0, 0.1) is 23.7 Å². The molecule has 0 spiro atoms. The quantitative estimate of drug-likeness (QED) is 0.809. The molecule has 6 nitrogen and oxygen atoms in total. The minimum absolute atomic E-state index is 0.106. The molecule has 24 heavy (non-hydrogen) atoms. The Labute approximate surface area is 140 Å². The molecule has 2 aliphatic carbocycles. The van der Waals surface area contributed by atoms with E-state index < -0.39 is 23.8 Å². The van der Waals surface area contributed by atoms with E-state index in [2.05, 4.69) is 5.32 Å². The molecule has 0 saturated heterocycles. The van der Waals surface area contributed by atoms with Gasteiger partial charge in [-0.25, -0.2) is 4.79 Å². The molecule has 0 unspecified atom stereocenters. The van der Waals surface area contributed by atoms with Gasteiger partial charge in [-0.2, -0.15) is 0 Å². The summed E-state index contributed by atoms with van der Waals surface area (Å²) in [5, 5.41) is 12.2. The lowest BCUT2D eigenvalue weighted by molar-refractivity contribution is -0.148. The zero-order chi connectivity index (χ0) is 17.3. The summed E-state index contributed by atoms with van der Waals surface area (Å²) in [6.45, 7) is 2.01. The number of hydrogen-bond donors (Lipinski definition) is 2. The molecule has 2 aliphatic rings. The summed E-state index contributed by atoms with van der Waals surface area (Å²) in [6, 6.07) is 6.52. The monoisotopic (exact) mass is 331 g/mol. The van der Waals surface area contributed by atoms with Crippen molar-refractivity contribution in [3.63, 3.8) is 0 Å². The van der Waals surface area contributed by atoms with Crippen molar-refractivity contribution in [2.75, 3.05) is 11.9 Å². The molecule has 2 saturated carbocycles. The molecule has 1 aromatic carbocycles. The van der Waals surface area contributed by atoms with Crippen molar-refractivity contribution in [3.8, 4) is 0 Å². The van der Waals surface area contributed by atoms with Gasteiger partial charge >= 0.3 is 11.9 Å². The number of amides is 1. The number of aliphatic carboxylic acids is 1. The third-order valence-corrected chi connectivity index (χ3v) is 5.15. The van der Waals surface area contributed by atoms with Gasteiger partial charge in [-0.3, -0.25) is 9.59 Å². The second-order valence-electron chi connectivity index (χ2n) is 6.51. The lowest BCUT2D eigenvalue weighted by atomic mass is 9.78. The van der Waals surface area contributed by atoms with Crippen LogP contribution in [0.1, 0.15) is 36.5 Å². The zero-order valence-electron chi connectivity index (χ0n) is 13.5. The Morgan fingerprint density at radius 2 is 1.92 bits per heavy atom. The second-order valence-corrected chi connectivity index (χ2v) is 6.51. The Morgan fingerprint density at radius 3 is 2.58 bits per heavy atom. The summed E-state index contributed by atoms with van der Waals surface area (Å²) >= 11 is 0. The van der Waals surface area contributed by atoms with Crippen LogP contribution in [0.5, 0.6) is 0 Å². The maximum absolute atomic E-state index is 12.6. The van der Waals surface area contributed by atoms with Crippen LogP contribution in [0.25, 0.3) is 0 Å². The van der Waals surface area contributed by atoms with E-state index in [1.165, 1.54) is 0 Å². The first-order valence-electron chi connectivity index (χ1n) is 8.32. The van der Waals surface area contributed by atoms with E-state index in [0.717, 1.165) is 19.3 Å². The number of carboxylic acids is 1. The van der Waals surface area contributed by atoms with E-state index >= 15 is 0 Å². The summed E-state index contributed by atoms with van der Waals surface area (Å²) in [7, 11) is 0. The highest BCUT2D eigenvalue weighted by Crippen LogP contribution is 2.52. The van der Waals surface area contributed by atoms with Gasteiger partial charge in [-0.1, -0.05) is 6.07 Å². The highest BCUT2D eigenvalue weighted by atomic mass is 16.5. The van der Waals surface area contributed by atoms with Crippen LogP contribution < -0.4 is 5.32 Å². The Morgan fingerprint density at radius 1 is 1.21 bits per heavy atom. The van der Waals surface area contributed by atoms with E-state index in [-0.39, 0.29) is 24.3 Å². The average Bonchev–Trinajstić information content (AvgIpc) is 3.16. The number of carboxylic acid groups (broad SMARTS) is 1. The fraction of sp³-hybridized carbons (Fsp3) is 0.500. The van der Waals surface area contributed by atoms with Crippen molar-refractivity contribution >= 4 is 23.5 Å². The summed E-state index contributed by atoms with van der Waals surface area (Å²) in [4.78, 5) is 35.9. The number of rotatable bonds is 5. The van der Waals surface area contributed by atoms with E-state index in [0.29, 0.717) is 11.3 Å². The third kappa shape index (κ3) is 3.00. The zero-order valence-corrected chi connectivity index (χ0v) is 13.5.